The Morgan fingerprint density at radius 3 is 2.55 bits per heavy atom. The van der Waals surface area contributed by atoms with Crippen LogP contribution in [0.25, 0.3) is 16.7 Å². The third-order valence-electron chi connectivity index (χ3n) is 8.36. The molecular weight excluding hydrogens is 577 g/mol. The average molecular weight is 611 g/mol. The summed E-state index contributed by atoms with van der Waals surface area (Å²) in [5, 5.41) is 16.2. The van der Waals surface area contributed by atoms with Crippen LogP contribution in [0.3, 0.4) is 0 Å². The fourth-order valence-corrected chi connectivity index (χ4v) is 6.35. The average Bonchev–Trinajstić information content (AvgIpc) is 3.31. The minimum Gasteiger partial charge on any atom is -0.388 e. The summed E-state index contributed by atoms with van der Waals surface area (Å²) < 4.78 is 8.96. The summed E-state index contributed by atoms with van der Waals surface area (Å²) in [5.41, 5.74) is 2.33. The van der Waals surface area contributed by atoms with E-state index < -0.39 is 5.60 Å². The van der Waals surface area contributed by atoms with Gasteiger partial charge in [0.15, 0.2) is 5.65 Å². The first-order chi connectivity index (χ1) is 20.1. The Bertz CT molecular complexity index is 1680. The molecule has 2 aromatic heterocycles. The summed E-state index contributed by atoms with van der Waals surface area (Å²) >= 11 is 12.7. The standard InChI is InChI=1S/C31H33Cl2N5O4/c1-19-13-22(32)5-8-24(19)29(39)36-11-9-31(41,10-12-36)17-37-18-35-28-25(30(37)40)14-27(33)38(28)23-6-3-21(4-7-23)26-16-42-20(2)15-34-26/h3-8,13-14,18,20,26,34,41H,9-12,15-17H2,1-2H3/t20-,26-/m0/s1. The molecule has 0 aliphatic carbocycles. The van der Waals surface area contributed by atoms with Gasteiger partial charge in [0.2, 0.25) is 0 Å². The van der Waals surface area contributed by atoms with Crippen LogP contribution in [0.4, 0.5) is 0 Å². The normalized spacial score (nSPS) is 20.6. The molecule has 220 valence electrons. The zero-order valence-electron chi connectivity index (χ0n) is 23.5. The predicted molar refractivity (Wildman–Crippen MR) is 163 cm³/mol. The maximum absolute atomic E-state index is 13.5. The second-order valence-electron chi connectivity index (χ2n) is 11.4. The number of aliphatic hydroxyl groups is 1. The molecule has 0 saturated carbocycles. The van der Waals surface area contributed by atoms with Crippen LogP contribution in [0.2, 0.25) is 10.2 Å². The van der Waals surface area contributed by atoms with Gasteiger partial charge in [-0.05, 0) is 74.2 Å². The second-order valence-corrected chi connectivity index (χ2v) is 12.2. The van der Waals surface area contributed by atoms with Crippen molar-refractivity contribution in [1.29, 1.82) is 0 Å². The van der Waals surface area contributed by atoms with Crippen LogP contribution in [-0.2, 0) is 11.3 Å². The quantitative estimate of drug-likeness (QED) is 0.345. The number of amides is 1. The van der Waals surface area contributed by atoms with Gasteiger partial charge in [0.05, 0.1) is 36.3 Å². The number of aromatic nitrogens is 3. The van der Waals surface area contributed by atoms with E-state index in [4.69, 9.17) is 27.9 Å². The lowest BCUT2D eigenvalue weighted by atomic mass is 9.90. The molecule has 0 spiro atoms. The molecule has 4 aromatic rings. The summed E-state index contributed by atoms with van der Waals surface area (Å²) in [6.07, 6.45) is 2.33. The SMILES string of the molecule is Cc1cc(Cl)ccc1C(=O)N1CCC(O)(Cn2cnc3c(cc(Cl)n3-c3ccc([C@@H]4CO[C@@H](C)CN4)cc3)c2=O)CC1. The van der Waals surface area contributed by atoms with Crippen molar-refractivity contribution in [3.05, 3.63) is 92.1 Å². The fraction of sp³-hybridized carbons (Fsp3) is 0.387. The molecule has 4 heterocycles. The Morgan fingerprint density at radius 2 is 1.88 bits per heavy atom. The Balaban J connectivity index is 1.17. The molecule has 2 aliphatic heterocycles. The third-order valence-corrected chi connectivity index (χ3v) is 8.87. The van der Waals surface area contributed by atoms with Crippen LogP contribution in [0.1, 0.15) is 47.3 Å². The molecule has 6 rings (SSSR count). The number of carbonyl (C=O) groups excluding carboxylic acids is 1. The Labute approximate surface area is 253 Å². The number of likely N-dealkylation sites (tertiary alicyclic amines) is 1. The molecule has 42 heavy (non-hydrogen) atoms. The van der Waals surface area contributed by atoms with E-state index in [1.165, 1.54) is 10.9 Å². The van der Waals surface area contributed by atoms with Crippen molar-refractivity contribution in [3.8, 4) is 5.69 Å². The van der Waals surface area contributed by atoms with E-state index in [2.05, 4.69) is 10.3 Å². The molecule has 2 saturated heterocycles. The van der Waals surface area contributed by atoms with Gasteiger partial charge in [-0.25, -0.2) is 4.98 Å². The number of nitrogens with zero attached hydrogens (tertiary/aromatic N) is 4. The Hall–Kier alpha value is -3.21. The molecule has 0 unspecified atom stereocenters. The number of fused-ring (bicyclic) bond motifs is 1. The van der Waals surface area contributed by atoms with E-state index in [-0.39, 0.29) is 30.2 Å². The van der Waals surface area contributed by atoms with Gasteiger partial charge in [-0.1, -0.05) is 35.3 Å². The largest absolute Gasteiger partial charge is 0.388 e. The number of halogens is 2. The van der Waals surface area contributed by atoms with E-state index >= 15 is 0 Å². The van der Waals surface area contributed by atoms with Crippen molar-refractivity contribution in [2.24, 2.45) is 0 Å². The number of aryl methyl sites for hydroxylation is 1. The molecule has 0 radical (unpaired) electrons. The smallest absolute Gasteiger partial charge is 0.262 e. The maximum atomic E-state index is 13.5. The topological polar surface area (TPSA) is 102 Å². The molecule has 11 heteroatoms. The second kappa shape index (κ2) is 11.5. The molecule has 2 N–H and O–H groups in total. The zero-order valence-corrected chi connectivity index (χ0v) is 25.0. The number of ether oxygens (including phenoxy) is 1. The summed E-state index contributed by atoms with van der Waals surface area (Å²) in [6, 6.07) is 14.9. The number of hydrogen-bond acceptors (Lipinski definition) is 6. The van der Waals surface area contributed by atoms with Crippen molar-refractivity contribution in [3.63, 3.8) is 0 Å². The number of nitrogens with one attached hydrogen (secondary N) is 1. The van der Waals surface area contributed by atoms with Gasteiger partial charge < -0.3 is 20.1 Å². The van der Waals surface area contributed by atoms with Crippen LogP contribution >= 0.6 is 23.2 Å². The first kappa shape index (κ1) is 28.9. The van der Waals surface area contributed by atoms with Crippen molar-refractivity contribution < 1.29 is 14.6 Å². The summed E-state index contributed by atoms with van der Waals surface area (Å²) in [5.74, 6) is -0.0894. The van der Waals surface area contributed by atoms with Crippen molar-refractivity contribution in [1.82, 2.24) is 24.3 Å². The monoisotopic (exact) mass is 609 g/mol. The highest BCUT2D eigenvalue weighted by molar-refractivity contribution is 6.31. The van der Waals surface area contributed by atoms with Crippen LogP contribution in [0.15, 0.2) is 59.7 Å². The molecule has 1 amide bonds. The van der Waals surface area contributed by atoms with Crippen LogP contribution in [0.5, 0.6) is 0 Å². The van der Waals surface area contributed by atoms with Gasteiger partial charge in [0.25, 0.3) is 11.5 Å². The lowest BCUT2D eigenvalue weighted by molar-refractivity contribution is -0.0299. The van der Waals surface area contributed by atoms with Gasteiger partial charge in [-0.2, -0.15) is 0 Å². The Morgan fingerprint density at radius 1 is 1.14 bits per heavy atom. The van der Waals surface area contributed by atoms with Crippen LogP contribution in [-0.4, -0.2) is 68.0 Å². The number of carbonyl (C=O) groups is 1. The Kier molecular flexibility index (Phi) is 7.89. The fourth-order valence-electron chi connectivity index (χ4n) is 5.84. The molecule has 2 fully saturated rings. The number of piperidine rings is 1. The van der Waals surface area contributed by atoms with Crippen molar-refractivity contribution in [2.45, 2.75) is 51.0 Å². The van der Waals surface area contributed by atoms with Crippen LogP contribution in [0, 0.1) is 6.92 Å². The van der Waals surface area contributed by atoms with Crippen molar-refractivity contribution in [2.75, 3.05) is 26.2 Å². The van der Waals surface area contributed by atoms with E-state index in [1.54, 1.807) is 33.7 Å². The molecule has 9 nitrogen and oxygen atoms in total. The van der Waals surface area contributed by atoms with E-state index in [0.717, 1.165) is 23.4 Å². The molecule has 2 atom stereocenters. The third kappa shape index (κ3) is 5.59. The van der Waals surface area contributed by atoms with Gasteiger partial charge in [-0.3, -0.25) is 18.7 Å². The highest BCUT2D eigenvalue weighted by atomic mass is 35.5. The zero-order chi connectivity index (χ0) is 29.6. The predicted octanol–water partition coefficient (Wildman–Crippen LogP) is 4.52. The first-order valence-corrected chi connectivity index (χ1v) is 14.9. The number of hydrogen-bond donors (Lipinski definition) is 2. The highest BCUT2D eigenvalue weighted by Crippen LogP contribution is 2.29. The summed E-state index contributed by atoms with van der Waals surface area (Å²) in [7, 11) is 0. The minimum absolute atomic E-state index is 0.0728. The molecule has 0 bridgehead atoms. The van der Waals surface area contributed by atoms with E-state index in [9.17, 15) is 14.7 Å². The maximum Gasteiger partial charge on any atom is 0.262 e. The number of morpholine rings is 1. The molecule has 2 aromatic carbocycles. The molecular formula is C31H33Cl2N5O4. The van der Waals surface area contributed by atoms with E-state index in [1.807, 2.05) is 38.1 Å². The van der Waals surface area contributed by atoms with Gasteiger partial charge in [0, 0.05) is 35.9 Å². The summed E-state index contributed by atoms with van der Waals surface area (Å²) in [6.45, 7) is 6.13. The number of rotatable bonds is 5. The van der Waals surface area contributed by atoms with Crippen molar-refractivity contribution >= 4 is 40.1 Å². The summed E-state index contributed by atoms with van der Waals surface area (Å²) in [4.78, 5) is 32.9. The van der Waals surface area contributed by atoms with E-state index in [0.29, 0.717) is 59.3 Å². The number of benzene rings is 2. The van der Waals surface area contributed by atoms with Gasteiger partial charge in [-0.15, -0.1) is 0 Å². The minimum atomic E-state index is -1.15. The molecule has 2 aliphatic rings. The van der Waals surface area contributed by atoms with Gasteiger partial charge >= 0.3 is 0 Å². The first-order valence-electron chi connectivity index (χ1n) is 14.1. The lowest BCUT2D eigenvalue weighted by Crippen LogP contribution is -2.49. The van der Waals surface area contributed by atoms with Crippen LogP contribution < -0.4 is 10.9 Å². The van der Waals surface area contributed by atoms with Gasteiger partial charge in [0.1, 0.15) is 11.5 Å². The lowest BCUT2D eigenvalue weighted by Gasteiger charge is -2.38. The highest BCUT2D eigenvalue weighted by Gasteiger charge is 2.35.